The molecule has 0 radical (unpaired) electrons. The average Bonchev–Trinajstić information content (AvgIpc) is 2.58. The molecule has 130 valence electrons. The molecule has 0 aliphatic heterocycles. The summed E-state index contributed by atoms with van der Waals surface area (Å²) in [4.78, 5) is 0. The van der Waals surface area contributed by atoms with E-state index in [0.29, 0.717) is 12.1 Å². The van der Waals surface area contributed by atoms with Gasteiger partial charge in [0.25, 0.3) is 0 Å². The zero-order valence-corrected chi connectivity index (χ0v) is 11.6. The molecule has 0 atom stereocenters. The van der Waals surface area contributed by atoms with E-state index >= 15 is 0 Å². The molecular weight excluding hydrogens is 363 g/mol. The quantitative estimate of drug-likeness (QED) is 0.292. The third-order valence-corrected chi connectivity index (χ3v) is 3.56. The molecule has 0 saturated heterocycles. The van der Waals surface area contributed by atoms with E-state index in [4.69, 9.17) is 0 Å². The normalized spacial score (nSPS) is 11.4. The van der Waals surface area contributed by atoms with Crippen molar-refractivity contribution >= 4 is 10.8 Å². The minimum absolute atomic E-state index is 0.416. The molecule has 0 aliphatic rings. The fraction of sp³-hybridized carbons (Fsp3) is 0. The summed E-state index contributed by atoms with van der Waals surface area (Å²) in [5, 5.41) is -1.71. The predicted octanol–water partition coefficient (Wildman–Crippen LogP) is 5.76. The minimum atomic E-state index is -2.46. The third kappa shape index (κ3) is 2.33. The Labute approximate surface area is 133 Å². The molecule has 3 aromatic carbocycles. The first-order valence-corrected chi connectivity index (χ1v) is 6.44. The summed E-state index contributed by atoms with van der Waals surface area (Å²) in [6.45, 7) is 0. The van der Waals surface area contributed by atoms with Crippen molar-refractivity contribution < 1.29 is 39.5 Å². The first-order chi connectivity index (χ1) is 11.7. The molecule has 0 fully saturated rings. The monoisotopic (exact) mass is 366 g/mol. The minimum Gasteiger partial charge on any atom is -0.206 e. The fourth-order valence-corrected chi connectivity index (χ4v) is 2.38. The molecule has 0 aromatic heterocycles. The molecule has 0 saturated carbocycles. The van der Waals surface area contributed by atoms with Crippen LogP contribution in [0.5, 0.6) is 0 Å². The summed E-state index contributed by atoms with van der Waals surface area (Å²) in [6.07, 6.45) is 0. The first-order valence-electron chi connectivity index (χ1n) is 6.44. The van der Waals surface area contributed by atoms with Gasteiger partial charge in [0.2, 0.25) is 5.82 Å². The van der Waals surface area contributed by atoms with E-state index in [0.717, 1.165) is 6.07 Å². The Kier molecular flexibility index (Phi) is 3.89. The summed E-state index contributed by atoms with van der Waals surface area (Å²) in [5.74, 6) is -19.3. The van der Waals surface area contributed by atoms with Crippen molar-refractivity contribution in [3.8, 4) is 11.1 Å². The summed E-state index contributed by atoms with van der Waals surface area (Å²) in [7, 11) is 0. The molecule has 3 rings (SSSR count). The van der Waals surface area contributed by atoms with Crippen molar-refractivity contribution in [1.29, 1.82) is 0 Å². The van der Waals surface area contributed by atoms with Gasteiger partial charge >= 0.3 is 0 Å². The van der Waals surface area contributed by atoms with E-state index < -0.39 is 74.3 Å². The Morgan fingerprint density at radius 3 is 1.56 bits per heavy atom. The van der Waals surface area contributed by atoms with Crippen molar-refractivity contribution in [2.24, 2.45) is 0 Å². The van der Waals surface area contributed by atoms with Crippen LogP contribution in [-0.4, -0.2) is 0 Å². The maximum atomic E-state index is 14.5. The Bertz CT molecular complexity index is 1010. The van der Waals surface area contributed by atoms with Crippen molar-refractivity contribution in [2.45, 2.75) is 0 Å². The van der Waals surface area contributed by atoms with Crippen molar-refractivity contribution in [1.82, 2.24) is 0 Å². The van der Waals surface area contributed by atoms with Gasteiger partial charge in [-0.15, -0.1) is 0 Å². The lowest BCUT2D eigenvalue weighted by Crippen LogP contribution is -2.05. The standard InChI is InChI=1S/C16H3F9/c17-6-3-4-1-2-5(9(18)7(4)11(20)10(6)19)8-12(21)14(23)16(25)15(24)13(8)22/h1-3H. The lowest BCUT2D eigenvalue weighted by atomic mass is 9.98. The highest BCUT2D eigenvalue weighted by Gasteiger charge is 2.29. The molecule has 9 heteroatoms. The molecule has 0 aliphatic carbocycles. The molecule has 0 amide bonds. The second kappa shape index (κ2) is 5.68. The van der Waals surface area contributed by atoms with E-state index in [1.54, 1.807) is 0 Å². The van der Waals surface area contributed by atoms with Crippen LogP contribution in [0, 0.1) is 52.4 Å². The number of benzene rings is 3. The van der Waals surface area contributed by atoms with E-state index in [1.807, 2.05) is 0 Å². The summed E-state index contributed by atoms with van der Waals surface area (Å²) in [5.41, 5.74) is -2.86. The maximum Gasteiger partial charge on any atom is 0.200 e. The number of rotatable bonds is 1. The van der Waals surface area contributed by atoms with Gasteiger partial charge in [0.15, 0.2) is 40.7 Å². The van der Waals surface area contributed by atoms with E-state index in [9.17, 15) is 39.5 Å². The Morgan fingerprint density at radius 2 is 1.00 bits per heavy atom. The fourth-order valence-electron chi connectivity index (χ4n) is 2.38. The van der Waals surface area contributed by atoms with Crippen LogP contribution < -0.4 is 0 Å². The second-order valence-corrected chi connectivity index (χ2v) is 4.96. The lowest BCUT2D eigenvalue weighted by molar-refractivity contribution is 0.381. The Balaban J connectivity index is 2.45. The van der Waals surface area contributed by atoms with E-state index in [-0.39, 0.29) is 0 Å². The SMILES string of the molecule is Fc1cc2ccc(-c3c(F)c(F)c(F)c(F)c3F)c(F)c2c(F)c1F. The maximum absolute atomic E-state index is 14.5. The summed E-state index contributed by atoms with van der Waals surface area (Å²) < 4.78 is 122. The van der Waals surface area contributed by atoms with E-state index in [1.165, 1.54) is 0 Å². The molecule has 3 aromatic rings. The van der Waals surface area contributed by atoms with Gasteiger partial charge in [-0.1, -0.05) is 12.1 Å². The smallest absolute Gasteiger partial charge is 0.200 e. The summed E-state index contributed by atoms with van der Waals surface area (Å²) in [6, 6.07) is 1.73. The van der Waals surface area contributed by atoms with Crippen molar-refractivity contribution in [3.63, 3.8) is 0 Å². The zero-order valence-electron chi connectivity index (χ0n) is 11.6. The van der Waals surface area contributed by atoms with Crippen LogP contribution in [0.15, 0.2) is 18.2 Å². The van der Waals surface area contributed by atoms with Gasteiger partial charge in [-0.05, 0) is 11.5 Å². The Hall–Kier alpha value is -2.71. The molecule has 0 spiro atoms. The van der Waals surface area contributed by atoms with E-state index in [2.05, 4.69) is 0 Å². The topological polar surface area (TPSA) is 0 Å². The van der Waals surface area contributed by atoms with Gasteiger partial charge in [-0.3, -0.25) is 0 Å². The lowest BCUT2D eigenvalue weighted by Gasteiger charge is -2.12. The average molecular weight is 366 g/mol. The zero-order chi connectivity index (χ0) is 18.6. The molecule has 0 bridgehead atoms. The van der Waals surface area contributed by atoms with Crippen LogP contribution in [0.1, 0.15) is 0 Å². The molecule has 0 unspecified atom stereocenters. The molecular formula is C16H3F9. The van der Waals surface area contributed by atoms with Crippen molar-refractivity contribution in [2.75, 3.05) is 0 Å². The van der Waals surface area contributed by atoms with Gasteiger partial charge in [0, 0.05) is 5.56 Å². The van der Waals surface area contributed by atoms with Gasteiger partial charge in [0.1, 0.15) is 5.82 Å². The second-order valence-electron chi connectivity index (χ2n) is 4.96. The number of fused-ring (bicyclic) bond motifs is 1. The molecule has 0 nitrogen and oxygen atoms in total. The number of hydrogen-bond donors (Lipinski definition) is 0. The first kappa shape index (κ1) is 17.1. The van der Waals surface area contributed by atoms with Crippen molar-refractivity contribution in [3.05, 3.63) is 70.6 Å². The summed E-state index contributed by atoms with van der Waals surface area (Å²) >= 11 is 0. The highest BCUT2D eigenvalue weighted by Crippen LogP contribution is 2.37. The van der Waals surface area contributed by atoms with Gasteiger partial charge in [-0.2, -0.15) is 0 Å². The predicted molar refractivity (Wildman–Crippen MR) is 69.0 cm³/mol. The number of halogens is 9. The number of hydrogen-bond acceptors (Lipinski definition) is 0. The van der Waals surface area contributed by atoms with Crippen LogP contribution in [0.3, 0.4) is 0 Å². The molecule has 25 heavy (non-hydrogen) atoms. The largest absolute Gasteiger partial charge is 0.206 e. The highest BCUT2D eigenvalue weighted by atomic mass is 19.2. The van der Waals surface area contributed by atoms with Crippen LogP contribution in [0.25, 0.3) is 21.9 Å². The van der Waals surface area contributed by atoms with Crippen LogP contribution in [-0.2, 0) is 0 Å². The molecule has 0 heterocycles. The van der Waals surface area contributed by atoms with Crippen LogP contribution >= 0.6 is 0 Å². The third-order valence-electron chi connectivity index (χ3n) is 3.56. The van der Waals surface area contributed by atoms with Crippen LogP contribution in [0.4, 0.5) is 39.5 Å². The van der Waals surface area contributed by atoms with Gasteiger partial charge in [-0.25, -0.2) is 39.5 Å². The molecule has 0 N–H and O–H groups in total. The highest BCUT2D eigenvalue weighted by molar-refractivity contribution is 5.89. The van der Waals surface area contributed by atoms with Gasteiger partial charge in [0.05, 0.1) is 10.9 Å². The Morgan fingerprint density at radius 1 is 0.480 bits per heavy atom. The van der Waals surface area contributed by atoms with Gasteiger partial charge < -0.3 is 0 Å². The van der Waals surface area contributed by atoms with Crippen LogP contribution in [0.2, 0.25) is 0 Å².